The molecule has 0 fully saturated rings. The van der Waals surface area contributed by atoms with Crippen LogP contribution in [0.1, 0.15) is 12.0 Å². The Hall–Kier alpha value is -1.80. The fourth-order valence-corrected chi connectivity index (χ4v) is 0.977. The summed E-state index contributed by atoms with van der Waals surface area (Å²) in [4.78, 5) is 3.02. The molecule has 0 aliphatic heterocycles. The van der Waals surface area contributed by atoms with Crippen LogP contribution < -0.4 is 16.2 Å². The van der Waals surface area contributed by atoms with Crippen molar-refractivity contribution < 1.29 is 26.7 Å². The molecule has 0 amide bonds. The fraction of sp³-hybridized carbons (Fsp3) is 0.286. The zero-order chi connectivity index (χ0) is 12.5. The number of halogens is 5. The molecule has 1 aromatic heterocycles. The zero-order valence-electron chi connectivity index (χ0n) is 7.55. The third kappa shape index (κ3) is 2.84. The number of nitrogens with two attached hydrogens (primary N) is 2. The Morgan fingerprint density at radius 1 is 1.25 bits per heavy atom. The number of nitrogens with zero attached hydrogens (tertiary/aromatic N) is 1. The summed E-state index contributed by atoms with van der Waals surface area (Å²) in [6.07, 6.45) is -8.39. The van der Waals surface area contributed by atoms with Gasteiger partial charge < -0.3 is 16.2 Å². The Morgan fingerprint density at radius 2 is 1.81 bits per heavy atom. The minimum atomic E-state index is -5.14. The van der Waals surface area contributed by atoms with Gasteiger partial charge in [-0.3, -0.25) is 0 Å². The minimum absolute atomic E-state index is 0.443. The minimum Gasteiger partial charge on any atom is -0.398 e. The molecule has 0 saturated heterocycles. The molecule has 0 aromatic carbocycles. The van der Waals surface area contributed by atoms with Gasteiger partial charge in [0.05, 0.1) is 0 Å². The van der Waals surface area contributed by atoms with Gasteiger partial charge in [0.2, 0.25) is 5.88 Å². The van der Waals surface area contributed by atoms with Gasteiger partial charge in [-0.2, -0.15) is 4.98 Å². The summed E-state index contributed by atoms with van der Waals surface area (Å²) in [7, 11) is 0. The summed E-state index contributed by atoms with van der Waals surface area (Å²) in [5, 5.41) is 0. The van der Waals surface area contributed by atoms with E-state index in [0.29, 0.717) is 0 Å². The molecule has 0 atom stereocenters. The van der Waals surface area contributed by atoms with E-state index in [4.69, 9.17) is 11.5 Å². The Balaban J connectivity index is 3.24. The van der Waals surface area contributed by atoms with E-state index in [2.05, 4.69) is 9.72 Å². The van der Waals surface area contributed by atoms with Crippen LogP contribution in [-0.2, 0) is 0 Å². The van der Waals surface area contributed by atoms with Crippen molar-refractivity contribution in [3.8, 4) is 5.88 Å². The van der Waals surface area contributed by atoms with E-state index in [1.807, 2.05) is 0 Å². The van der Waals surface area contributed by atoms with Crippen LogP contribution in [0.3, 0.4) is 0 Å². The van der Waals surface area contributed by atoms with E-state index in [1.165, 1.54) is 0 Å². The highest BCUT2D eigenvalue weighted by Gasteiger charge is 2.35. The van der Waals surface area contributed by atoms with Gasteiger partial charge >= 0.3 is 6.36 Å². The summed E-state index contributed by atoms with van der Waals surface area (Å²) in [6.45, 7) is 0. The van der Waals surface area contributed by atoms with Crippen LogP contribution in [-0.4, -0.2) is 11.3 Å². The molecule has 1 rings (SSSR count). The Kier molecular flexibility index (Phi) is 3.06. The first-order valence-electron chi connectivity index (χ1n) is 3.80. The second-order valence-corrected chi connectivity index (χ2v) is 2.70. The Bertz CT molecular complexity index is 392. The van der Waals surface area contributed by atoms with Crippen LogP contribution in [0, 0.1) is 0 Å². The van der Waals surface area contributed by atoms with Crippen molar-refractivity contribution in [2.75, 3.05) is 11.5 Å². The number of hydrogen-bond acceptors (Lipinski definition) is 4. The molecule has 16 heavy (non-hydrogen) atoms. The maximum atomic E-state index is 12.4. The van der Waals surface area contributed by atoms with Crippen LogP contribution in [0.15, 0.2) is 6.07 Å². The van der Waals surface area contributed by atoms with Crippen molar-refractivity contribution in [3.63, 3.8) is 0 Å². The topological polar surface area (TPSA) is 74.2 Å². The second-order valence-electron chi connectivity index (χ2n) is 2.70. The van der Waals surface area contributed by atoms with E-state index < -0.39 is 35.7 Å². The molecule has 0 bridgehead atoms. The second kappa shape index (κ2) is 3.99. The van der Waals surface area contributed by atoms with Gasteiger partial charge in [0, 0.05) is 11.8 Å². The molecule has 9 heteroatoms. The number of alkyl halides is 5. The Labute approximate surface area is 86.0 Å². The molecule has 0 radical (unpaired) electrons. The lowest BCUT2D eigenvalue weighted by molar-refractivity contribution is -0.276. The average Bonchev–Trinajstić information content (AvgIpc) is 1.96. The van der Waals surface area contributed by atoms with Gasteiger partial charge in [-0.25, -0.2) is 8.78 Å². The Morgan fingerprint density at radius 3 is 2.25 bits per heavy atom. The van der Waals surface area contributed by atoms with Crippen LogP contribution in [0.4, 0.5) is 33.5 Å². The summed E-state index contributed by atoms with van der Waals surface area (Å²) in [6, 6.07) is 0.824. The maximum Gasteiger partial charge on any atom is 0.574 e. The molecule has 0 aliphatic carbocycles. The van der Waals surface area contributed by atoms with Crippen molar-refractivity contribution >= 4 is 11.5 Å². The summed E-state index contributed by atoms with van der Waals surface area (Å²) >= 11 is 0. The largest absolute Gasteiger partial charge is 0.574 e. The number of nitrogen functional groups attached to an aromatic ring is 2. The van der Waals surface area contributed by atoms with Gasteiger partial charge in [-0.1, -0.05) is 0 Å². The smallest absolute Gasteiger partial charge is 0.398 e. The van der Waals surface area contributed by atoms with E-state index in [-0.39, 0.29) is 0 Å². The molecule has 1 heterocycles. The number of aromatic nitrogens is 1. The molecular weight excluding hydrogens is 237 g/mol. The molecule has 0 aliphatic rings. The lowest BCUT2D eigenvalue weighted by Crippen LogP contribution is -2.20. The maximum absolute atomic E-state index is 12.4. The monoisotopic (exact) mass is 243 g/mol. The molecule has 4 N–H and O–H groups in total. The predicted molar refractivity (Wildman–Crippen MR) is 44.7 cm³/mol. The first-order valence-corrected chi connectivity index (χ1v) is 3.80. The van der Waals surface area contributed by atoms with Gasteiger partial charge in [0.1, 0.15) is 11.4 Å². The number of pyridine rings is 1. The van der Waals surface area contributed by atoms with Crippen LogP contribution in [0.25, 0.3) is 0 Å². The van der Waals surface area contributed by atoms with Crippen LogP contribution in [0.5, 0.6) is 5.88 Å². The molecule has 0 unspecified atom stereocenters. The number of anilines is 2. The van der Waals surface area contributed by atoms with Crippen molar-refractivity contribution in [1.82, 2.24) is 4.98 Å². The van der Waals surface area contributed by atoms with Crippen LogP contribution >= 0.6 is 0 Å². The number of rotatable bonds is 2. The SMILES string of the molecule is Nc1cc(N)c(C(F)F)c(OC(F)(F)F)n1. The first-order chi connectivity index (χ1) is 7.20. The van der Waals surface area contributed by atoms with Gasteiger partial charge in [0.25, 0.3) is 6.43 Å². The highest BCUT2D eigenvalue weighted by Crippen LogP contribution is 2.36. The molecular formula is C7H6F5N3O. The normalized spacial score (nSPS) is 11.9. The molecule has 90 valence electrons. The summed E-state index contributed by atoms with van der Waals surface area (Å²) < 4.78 is 63.7. The van der Waals surface area contributed by atoms with Crippen molar-refractivity contribution in [2.24, 2.45) is 0 Å². The van der Waals surface area contributed by atoms with Crippen molar-refractivity contribution in [1.29, 1.82) is 0 Å². The van der Waals surface area contributed by atoms with E-state index in [1.54, 1.807) is 0 Å². The molecule has 0 saturated carbocycles. The third-order valence-electron chi connectivity index (χ3n) is 1.51. The first kappa shape index (κ1) is 12.3. The van der Waals surface area contributed by atoms with E-state index in [9.17, 15) is 22.0 Å². The highest BCUT2D eigenvalue weighted by molar-refractivity contribution is 5.58. The third-order valence-corrected chi connectivity index (χ3v) is 1.51. The van der Waals surface area contributed by atoms with Gasteiger partial charge in [-0.05, 0) is 0 Å². The zero-order valence-corrected chi connectivity index (χ0v) is 7.55. The van der Waals surface area contributed by atoms with Crippen LogP contribution in [0.2, 0.25) is 0 Å². The van der Waals surface area contributed by atoms with Gasteiger partial charge in [0.15, 0.2) is 0 Å². The average molecular weight is 243 g/mol. The summed E-state index contributed by atoms with van der Waals surface area (Å²) in [5.74, 6) is -1.78. The number of ether oxygens (including phenoxy) is 1. The standard InChI is InChI=1S/C7H6F5N3O/c8-5(9)4-2(13)1-3(14)15-6(4)16-7(10,11)12/h1,5H,(H4,13,14,15). The quantitative estimate of drug-likeness (QED) is 0.780. The van der Waals surface area contributed by atoms with E-state index in [0.717, 1.165) is 6.07 Å². The van der Waals surface area contributed by atoms with Crippen molar-refractivity contribution in [2.45, 2.75) is 12.8 Å². The lowest BCUT2D eigenvalue weighted by Gasteiger charge is -2.13. The predicted octanol–water partition coefficient (Wildman–Crippen LogP) is 2.08. The van der Waals surface area contributed by atoms with Gasteiger partial charge in [-0.15, -0.1) is 13.2 Å². The highest BCUT2D eigenvalue weighted by atomic mass is 19.4. The molecule has 4 nitrogen and oxygen atoms in total. The molecule has 1 aromatic rings. The fourth-order valence-electron chi connectivity index (χ4n) is 0.977. The number of hydrogen-bond donors (Lipinski definition) is 2. The molecule has 0 spiro atoms. The van der Waals surface area contributed by atoms with E-state index >= 15 is 0 Å². The summed E-state index contributed by atoms with van der Waals surface area (Å²) in [5.41, 5.74) is 8.42. The van der Waals surface area contributed by atoms with Crippen molar-refractivity contribution in [3.05, 3.63) is 11.6 Å². The lowest BCUT2D eigenvalue weighted by atomic mass is 10.2.